The predicted octanol–water partition coefficient (Wildman–Crippen LogP) is 1.77. The second-order valence-electron chi connectivity index (χ2n) is 5.31. The van der Waals surface area contributed by atoms with Crippen LogP contribution in [0.3, 0.4) is 0 Å². The van der Waals surface area contributed by atoms with Crippen molar-refractivity contribution in [3.8, 4) is 5.75 Å². The van der Waals surface area contributed by atoms with Gasteiger partial charge in [0.15, 0.2) is 0 Å². The Morgan fingerprint density at radius 2 is 2.10 bits per heavy atom. The van der Waals surface area contributed by atoms with Gasteiger partial charge in [0, 0.05) is 16.9 Å². The van der Waals surface area contributed by atoms with Crippen LogP contribution < -0.4 is 10.1 Å². The molecule has 1 aliphatic rings. The van der Waals surface area contributed by atoms with Gasteiger partial charge in [-0.1, -0.05) is 0 Å². The van der Waals surface area contributed by atoms with Crippen molar-refractivity contribution in [3.63, 3.8) is 0 Å². The van der Waals surface area contributed by atoms with Crippen molar-refractivity contribution in [1.82, 2.24) is 10.3 Å². The number of carboxylic acids is 1. The van der Waals surface area contributed by atoms with Crippen molar-refractivity contribution in [3.05, 3.63) is 30.0 Å². The lowest BCUT2D eigenvalue weighted by atomic mass is 9.80. The topological polar surface area (TPSA) is 91.4 Å². The van der Waals surface area contributed by atoms with Gasteiger partial charge in [-0.25, -0.2) is 0 Å². The summed E-state index contributed by atoms with van der Waals surface area (Å²) in [5.74, 6) is -0.601. The molecule has 6 nitrogen and oxygen atoms in total. The minimum Gasteiger partial charge on any atom is -0.497 e. The van der Waals surface area contributed by atoms with Crippen molar-refractivity contribution < 1.29 is 19.4 Å². The molecule has 1 aliphatic carbocycles. The predicted molar refractivity (Wildman–Crippen MR) is 76.5 cm³/mol. The van der Waals surface area contributed by atoms with E-state index >= 15 is 0 Å². The number of carbonyl (C=O) groups is 2. The Bertz CT molecular complexity index is 701. The van der Waals surface area contributed by atoms with Gasteiger partial charge in [0.25, 0.3) is 5.91 Å². The zero-order valence-corrected chi connectivity index (χ0v) is 11.6. The summed E-state index contributed by atoms with van der Waals surface area (Å²) in [7, 11) is 1.59. The second-order valence-corrected chi connectivity index (χ2v) is 5.31. The average molecular weight is 288 g/mol. The normalized spacial score (nSPS) is 20.8. The van der Waals surface area contributed by atoms with Crippen LogP contribution in [0.2, 0.25) is 0 Å². The van der Waals surface area contributed by atoms with Crippen LogP contribution in [0.1, 0.15) is 23.3 Å². The molecule has 21 heavy (non-hydrogen) atoms. The molecule has 0 radical (unpaired) electrons. The number of amides is 1. The molecule has 1 aromatic heterocycles. The number of aromatic amines is 1. The number of fused-ring (bicyclic) bond motifs is 1. The molecule has 0 saturated heterocycles. The highest BCUT2D eigenvalue weighted by atomic mass is 16.5. The Morgan fingerprint density at radius 3 is 2.76 bits per heavy atom. The number of carboxylic acid groups (broad SMARTS) is 1. The maximum absolute atomic E-state index is 12.1. The number of hydrogen-bond acceptors (Lipinski definition) is 3. The van der Waals surface area contributed by atoms with Gasteiger partial charge in [-0.3, -0.25) is 9.59 Å². The third-order valence-corrected chi connectivity index (χ3v) is 3.90. The molecule has 1 heterocycles. The third kappa shape index (κ3) is 2.56. The quantitative estimate of drug-likeness (QED) is 0.799. The lowest BCUT2D eigenvalue weighted by Gasteiger charge is -2.32. The number of methoxy groups -OCH3 is 1. The Hall–Kier alpha value is -2.50. The number of rotatable bonds is 4. The van der Waals surface area contributed by atoms with Gasteiger partial charge in [-0.05, 0) is 37.1 Å². The number of carbonyl (C=O) groups excluding carboxylic acids is 1. The molecular weight excluding hydrogens is 272 g/mol. The number of H-pyrrole nitrogens is 1. The van der Waals surface area contributed by atoms with Crippen molar-refractivity contribution in [1.29, 1.82) is 0 Å². The van der Waals surface area contributed by atoms with Gasteiger partial charge in [0.2, 0.25) is 0 Å². The molecule has 0 bridgehead atoms. The van der Waals surface area contributed by atoms with E-state index in [0.717, 1.165) is 16.7 Å². The van der Waals surface area contributed by atoms with E-state index in [9.17, 15) is 9.59 Å². The number of ether oxygens (including phenoxy) is 1. The molecule has 3 N–H and O–H groups in total. The SMILES string of the molecule is COc1ccc2[nH]c(C(=O)NC3CC(C(=O)O)C3)cc2c1. The van der Waals surface area contributed by atoms with Gasteiger partial charge in [-0.2, -0.15) is 0 Å². The molecule has 1 aromatic carbocycles. The second kappa shape index (κ2) is 5.12. The van der Waals surface area contributed by atoms with Crippen molar-refractivity contribution in [2.24, 2.45) is 5.92 Å². The standard InChI is InChI=1S/C15H16N2O4/c1-21-11-2-3-12-8(6-11)7-13(17-12)14(18)16-10-4-9(5-10)15(19)20/h2-3,6-7,9-10,17H,4-5H2,1H3,(H,16,18)(H,19,20). The van der Waals surface area contributed by atoms with Gasteiger partial charge in [0.05, 0.1) is 13.0 Å². The average Bonchev–Trinajstić information content (AvgIpc) is 2.84. The molecule has 0 spiro atoms. The van der Waals surface area contributed by atoms with Crippen molar-refractivity contribution in [2.75, 3.05) is 7.11 Å². The smallest absolute Gasteiger partial charge is 0.306 e. The molecule has 0 aliphatic heterocycles. The molecule has 6 heteroatoms. The van der Waals surface area contributed by atoms with E-state index in [-0.39, 0.29) is 17.9 Å². The fraction of sp³-hybridized carbons (Fsp3) is 0.333. The summed E-state index contributed by atoms with van der Waals surface area (Å²) < 4.78 is 5.15. The molecule has 1 fully saturated rings. The van der Waals surface area contributed by atoms with Crippen LogP contribution in [0, 0.1) is 5.92 Å². The molecule has 2 aromatic rings. The fourth-order valence-electron chi connectivity index (χ4n) is 2.56. The van der Waals surface area contributed by atoms with Gasteiger partial charge in [-0.15, -0.1) is 0 Å². The van der Waals surface area contributed by atoms with Gasteiger partial charge in [0.1, 0.15) is 11.4 Å². The highest BCUT2D eigenvalue weighted by Gasteiger charge is 2.35. The lowest BCUT2D eigenvalue weighted by Crippen LogP contribution is -2.46. The fourth-order valence-corrected chi connectivity index (χ4v) is 2.56. The molecule has 110 valence electrons. The zero-order valence-electron chi connectivity index (χ0n) is 11.6. The first-order valence-electron chi connectivity index (χ1n) is 6.77. The molecule has 1 amide bonds. The van der Waals surface area contributed by atoms with Crippen LogP contribution in [0.15, 0.2) is 24.3 Å². The summed E-state index contributed by atoms with van der Waals surface area (Å²) in [4.78, 5) is 25.9. The van der Waals surface area contributed by atoms with E-state index in [2.05, 4.69) is 10.3 Å². The summed E-state index contributed by atoms with van der Waals surface area (Å²) >= 11 is 0. The molecule has 0 atom stereocenters. The summed E-state index contributed by atoms with van der Waals surface area (Å²) in [6.07, 6.45) is 0.990. The van der Waals surface area contributed by atoms with E-state index < -0.39 is 5.97 Å². The number of hydrogen-bond donors (Lipinski definition) is 3. The van der Waals surface area contributed by atoms with Crippen LogP contribution in [0.5, 0.6) is 5.75 Å². The summed E-state index contributed by atoms with van der Waals surface area (Å²) in [6, 6.07) is 7.24. The summed E-state index contributed by atoms with van der Waals surface area (Å²) in [5, 5.41) is 12.6. The van der Waals surface area contributed by atoms with E-state index in [1.165, 1.54) is 0 Å². The van der Waals surface area contributed by atoms with Gasteiger partial charge >= 0.3 is 5.97 Å². The highest BCUT2D eigenvalue weighted by molar-refractivity contribution is 5.98. The first-order valence-corrected chi connectivity index (χ1v) is 6.77. The summed E-state index contributed by atoms with van der Waals surface area (Å²) in [6.45, 7) is 0. The van der Waals surface area contributed by atoms with Crippen LogP contribution in [0.25, 0.3) is 10.9 Å². The van der Waals surface area contributed by atoms with Crippen molar-refractivity contribution >= 4 is 22.8 Å². The Morgan fingerprint density at radius 1 is 1.33 bits per heavy atom. The van der Waals surface area contributed by atoms with E-state index in [1.807, 2.05) is 18.2 Å². The monoisotopic (exact) mass is 288 g/mol. The van der Waals surface area contributed by atoms with E-state index in [0.29, 0.717) is 18.5 Å². The Balaban J connectivity index is 1.69. The van der Waals surface area contributed by atoms with E-state index in [4.69, 9.17) is 9.84 Å². The first kappa shape index (κ1) is 13.5. The number of benzene rings is 1. The van der Waals surface area contributed by atoms with Gasteiger partial charge < -0.3 is 20.1 Å². The Labute approximate surface area is 121 Å². The van der Waals surface area contributed by atoms with Crippen molar-refractivity contribution in [2.45, 2.75) is 18.9 Å². The maximum atomic E-state index is 12.1. The minimum atomic E-state index is -0.793. The van der Waals surface area contributed by atoms with Crippen LogP contribution >= 0.6 is 0 Å². The summed E-state index contributed by atoms with van der Waals surface area (Å²) in [5.41, 5.74) is 1.33. The minimum absolute atomic E-state index is 0.0560. The van der Waals surface area contributed by atoms with E-state index in [1.54, 1.807) is 13.2 Å². The molecule has 3 rings (SSSR count). The number of aliphatic carboxylic acids is 1. The molecule has 1 saturated carbocycles. The number of nitrogens with one attached hydrogen (secondary N) is 2. The lowest BCUT2D eigenvalue weighted by molar-refractivity contribution is -0.145. The Kier molecular flexibility index (Phi) is 3.29. The maximum Gasteiger partial charge on any atom is 0.306 e. The molecular formula is C15H16N2O4. The largest absolute Gasteiger partial charge is 0.497 e. The first-order chi connectivity index (χ1) is 10.1. The zero-order chi connectivity index (χ0) is 15.0. The molecule has 0 unspecified atom stereocenters. The van der Waals surface area contributed by atoms with Crippen LogP contribution in [0.4, 0.5) is 0 Å². The highest BCUT2D eigenvalue weighted by Crippen LogP contribution is 2.28. The van der Waals surface area contributed by atoms with Crippen LogP contribution in [-0.4, -0.2) is 35.1 Å². The third-order valence-electron chi connectivity index (χ3n) is 3.90. The number of aromatic nitrogens is 1. The van der Waals surface area contributed by atoms with Crippen LogP contribution in [-0.2, 0) is 4.79 Å².